The lowest BCUT2D eigenvalue weighted by molar-refractivity contribution is 0.292. The van der Waals surface area contributed by atoms with Gasteiger partial charge in [0.05, 0.1) is 12.6 Å². The zero-order chi connectivity index (χ0) is 13.0. The van der Waals surface area contributed by atoms with Gasteiger partial charge < -0.3 is 20.5 Å². The number of aliphatic hydroxyl groups excluding tert-OH is 1. The van der Waals surface area contributed by atoms with Gasteiger partial charge in [-0.05, 0) is 24.1 Å². The van der Waals surface area contributed by atoms with E-state index < -0.39 is 6.04 Å². The van der Waals surface area contributed by atoms with Crippen molar-refractivity contribution in [3.8, 4) is 5.75 Å². The molecular formula is C12H15N3O3. The second-order valence-electron chi connectivity index (χ2n) is 4.00. The number of phenols is 1. The first-order chi connectivity index (χ1) is 8.69. The van der Waals surface area contributed by atoms with E-state index in [-0.39, 0.29) is 12.4 Å². The van der Waals surface area contributed by atoms with Gasteiger partial charge in [-0.3, -0.25) is 0 Å². The van der Waals surface area contributed by atoms with E-state index in [0.29, 0.717) is 24.6 Å². The number of phenolic OH excluding ortho intramolecular Hbond substituents is 1. The lowest BCUT2D eigenvalue weighted by Crippen LogP contribution is -2.13. The highest BCUT2D eigenvalue weighted by Gasteiger charge is 2.15. The Morgan fingerprint density at radius 3 is 2.67 bits per heavy atom. The molecule has 6 heteroatoms. The summed E-state index contributed by atoms with van der Waals surface area (Å²) in [7, 11) is 0. The number of hydrogen-bond acceptors (Lipinski definition) is 6. The van der Waals surface area contributed by atoms with E-state index in [1.807, 2.05) is 0 Å². The number of nitrogens with zero attached hydrogens (tertiary/aromatic N) is 2. The van der Waals surface area contributed by atoms with Gasteiger partial charge in [0, 0.05) is 6.42 Å². The van der Waals surface area contributed by atoms with Crippen molar-refractivity contribution in [3.05, 3.63) is 41.5 Å². The molecule has 1 heterocycles. The van der Waals surface area contributed by atoms with Crippen LogP contribution >= 0.6 is 0 Å². The van der Waals surface area contributed by atoms with Crippen LogP contribution in [-0.2, 0) is 12.8 Å². The van der Waals surface area contributed by atoms with E-state index >= 15 is 0 Å². The monoisotopic (exact) mass is 249 g/mol. The van der Waals surface area contributed by atoms with Gasteiger partial charge in [0.1, 0.15) is 5.75 Å². The van der Waals surface area contributed by atoms with Gasteiger partial charge in [0.2, 0.25) is 5.89 Å². The third-order valence-electron chi connectivity index (χ3n) is 2.53. The minimum Gasteiger partial charge on any atom is -0.508 e. The maximum Gasteiger partial charge on any atom is 0.243 e. The molecule has 0 bridgehead atoms. The van der Waals surface area contributed by atoms with Gasteiger partial charge in [-0.25, -0.2) is 0 Å². The van der Waals surface area contributed by atoms with Crippen molar-refractivity contribution in [3.63, 3.8) is 0 Å². The van der Waals surface area contributed by atoms with Crippen LogP contribution in [0, 0.1) is 0 Å². The summed E-state index contributed by atoms with van der Waals surface area (Å²) < 4.78 is 5.03. The van der Waals surface area contributed by atoms with Gasteiger partial charge in [-0.1, -0.05) is 17.3 Å². The Morgan fingerprint density at radius 2 is 2.00 bits per heavy atom. The number of benzene rings is 1. The predicted octanol–water partition coefficient (Wildman–Crippen LogP) is 0.552. The second kappa shape index (κ2) is 5.61. The van der Waals surface area contributed by atoms with Crippen molar-refractivity contribution in [2.75, 3.05) is 6.61 Å². The van der Waals surface area contributed by atoms with Crippen LogP contribution in [0.25, 0.3) is 0 Å². The van der Waals surface area contributed by atoms with Crippen LogP contribution in [-0.4, -0.2) is 27.0 Å². The smallest absolute Gasteiger partial charge is 0.243 e. The standard InChI is InChI=1S/C12H15N3O3/c13-10(7-8-1-3-9(17)4-2-8)12-14-11(5-6-16)15-18-12/h1-4,10,16-17H,5-7,13H2/t10-/m0/s1. The van der Waals surface area contributed by atoms with E-state index in [4.69, 9.17) is 15.4 Å². The molecule has 1 atom stereocenters. The summed E-state index contributed by atoms with van der Waals surface area (Å²) in [6.07, 6.45) is 0.899. The fourth-order valence-electron chi connectivity index (χ4n) is 1.59. The highest BCUT2D eigenvalue weighted by atomic mass is 16.5. The summed E-state index contributed by atoms with van der Waals surface area (Å²) >= 11 is 0. The summed E-state index contributed by atoms with van der Waals surface area (Å²) in [5.74, 6) is 1.02. The highest BCUT2D eigenvalue weighted by Crippen LogP contribution is 2.16. The SMILES string of the molecule is N[C@@H](Cc1ccc(O)cc1)c1nc(CCO)no1. The first-order valence-electron chi connectivity index (χ1n) is 5.66. The fourth-order valence-corrected chi connectivity index (χ4v) is 1.59. The molecule has 0 saturated carbocycles. The van der Waals surface area contributed by atoms with Crippen LogP contribution in [0.5, 0.6) is 5.75 Å². The molecule has 1 aromatic carbocycles. The van der Waals surface area contributed by atoms with Crippen LogP contribution in [0.3, 0.4) is 0 Å². The molecule has 0 saturated heterocycles. The Hall–Kier alpha value is -1.92. The third kappa shape index (κ3) is 3.06. The molecule has 0 spiro atoms. The molecular weight excluding hydrogens is 234 g/mol. The number of aromatic nitrogens is 2. The lowest BCUT2D eigenvalue weighted by atomic mass is 10.1. The first-order valence-corrected chi connectivity index (χ1v) is 5.66. The van der Waals surface area contributed by atoms with Gasteiger partial charge in [-0.2, -0.15) is 4.98 Å². The molecule has 1 aromatic heterocycles. The Balaban J connectivity index is 2.02. The molecule has 0 aliphatic rings. The van der Waals surface area contributed by atoms with Crippen molar-refractivity contribution >= 4 is 0 Å². The average Bonchev–Trinajstić information content (AvgIpc) is 2.81. The summed E-state index contributed by atoms with van der Waals surface area (Å²) in [6, 6.07) is 6.40. The summed E-state index contributed by atoms with van der Waals surface area (Å²) in [6.45, 7) is -0.0217. The molecule has 6 nitrogen and oxygen atoms in total. The molecule has 0 aliphatic heterocycles. The quantitative estimate of drug-likeness (QED) is 0.714. The molecule has 2 rings (SSSR count). The van der Waals surface area contributed by atoms with E-state index in [2.05, 4.69) is 10.1 Å². The van der Waals surface area contributed by atoms with E-state index in [0.717, 1.165) is 5.56 Å². The second-order valence-corrected chi connectivity index (χ2v) is 4.00. The van der Waals surface area contributed by atoms with Gasteiger partial charge in [-0.15, -0.1) is 0 Å². The van der Waals surface area contributed by atoms with Crippen molar-refractivity contribution in [1.29, 1.82) is 0 Å². The molecule has 0 aliphatic carbocycles. The van der Waals surface area contributed by atoms with Crippen LogP contribution in [0.2, 0.25) is 0 Å². The molecule has 0 amide bonds. The van der Waals surface area contributed by atoms with E-state index in [1.54, 1.807) is 24.3 Å². The largest absolute Gasteiger partial charge is 0.508 e. The zero-order valence-corrected chi connectivity index (χ0v) is 9.78. The van der Waals surface area contributed by atoms with Gasteiger partial charge in [0.15, 0.2) is 5.82 Å². The average molecular weight is 249 g/mol. The number of rotatable bonds is 5. The summed E-state index contributed by atoms with van der Waals surface area (Å²) in [5.41, 5.74) is 6.93. The first kappa shape index (κ1) is 12.5. The van der Waals surface area contributed by atoms with Crippen LogP contribution in [0.1, 0.15) is 23.3 Å². The van der Waals surface area contributed by atoms with Crippen molar-refractivity contribution in [1.82, 2.24) is 10.1 Å². The zero-order valence-electron chi connectivity index (χ0n) is 9.78. The molecule has 0 fully saturated rings. The maximum absolute atomic E-state index is 9.17. The Morgan fingerprint density at radius 1 is 1.28 bits per heavy atom. The Labute approximate surface area is 104 Å². The number of aromatic hydroxyl groups is 1. The van der Waals surface area contributed by atoms with Crippen LogP contribution < -0.4 is 5.73 Å². The van der Waals surface area contributed by atoms with Crippen molar-refractivity contribution in [2.24, 2.45) is 5.73 Å². The minimum atomic E-state index is -0.394. The normalized spacial score (nSPS) is 12.6. The van der Waals surface area contributed by atoms with E-state index in [1.165, 1.54) is 0 Å². The number of aliphatic hydroxyl groups is 1. The summed E-state index contributed by atoms with van der Waals surface area (Å²) in [4.78, 5) is 4.10. The van der Waals surface area contributed by atoms with Crippen molar-refractivity contribution < 1.29 is 14.7 Å². The van der Waals surface area contributed by atoms with Crippen LogP contribution in [0.4, 0.5) is 0 Å². The van der Waals surface area contributed by atoms with Crippen molar-refractivity contribution in [2.45, 2.75) is 18.9 Å². The van der Waals surface area contributed by atoms with Gasteiger partial charge in [0.25, 0.3) is 0 Å². The fraction of sp³-hybridized carbons (Fsp3) is 0.333. The molecule has 0 unspecified atom stereocenters. The summed E-state index contributed by atoms with van der Waals surface area (Å²) in [5, 5.41) is 21.6. The molecule has 96 valence electrons. The lowest BCUT2D eigenvalue weighted by Gasteiger charge is -2.06. The number of hydrogen-bond donors (Lipinski definition) is 3. The molecule has 18 heavy (non-hydrogen) atoms. The highest BCUT2D eigenvalue weighted by molar-refractivity contribution is 5.26. The third-order valence-corrected chi connectivity index (χ3v) is 2.53. The van der Waals surface area contributed by atoms with Gasteiger partial charge >= 0.3 is 0 Å². The Bertz CT molecular complexity index is 496. The predicted molar refractivity (Wildman–Crippen MR) is 63.8 cm³/mol. The minimum absolute atomic E-state index is 0.0217. The topological polar surface area (TPSA) is 105 Å². The van der Waals surface area contributed by atoms with E-state index in [9.17, 15) is 5.11 Å². The van der Waals surface area contributed by atoms with Crippen LogP contribution in [0.15, 0.2) is 28.8 Å². The maximum atomic E-state index is 9.17. The molecule has 0 radical (unpaired) electrons. The number of nitrogens with two attached hydrogens (primary N) is 1. The molecule has 2 aromatic rings. The molecule has 4 N–H and O–H groups in total. The Kier molecular flexibility index (Phi) is 3.91.